The number of rotatable bonds is 10. The van der Waals surface area contributed by atoms with Crippen molar-refractivity contribution in [3.05, 3.63) is 46.6 Å². The molecule has 168 valence electrons. The maximum atomic E-state index is 12.4. The maximum absolute atomic E-state index is 12.4. The largest absolute Gasteiger partial charge is 0.360 e. The Morgan fingerprint density at radius 1 is 1.19 bits per heavy atom. The van der Waals surface area contributed by atoms with Crippen LogP contribution in [0.5, 0.6) is 0 Å². The molecule has 1 saturated heterocycles. The van der Waals surface area contributed by atoms with E-state index in [-0.39, 0.29) is 5.91 Å². The fourth-order valence-electron chi connectivity index (χ4n) is 3.61. The van der Waals surface area contributed by atoms with E-state index in [1.807, 2.05) is 31.3 Å². The minimum Gasteiger partial charge on any atom is -0.360 e. The number of piperidine rings is 1. The molecule has 1 aromatic carbocycles. The van der Waals surface area contributed by atoms with Crippen molar-refractivity contribution >= 4 is 35.1 Å². The van der Waals surface area contributed by atoms with E-state index in [0.29, 0.717) is 28.2 Å². The van der Waals surface area contributed by atoms with Gasteiger partial charge in [-0.05, 0) is 50.0 Å². The summed E-state index contributed by atoms with van der Waals surface area (Å²) in [6.07, 6.45) is 4.90. The molecule has 8 heteroatoms. The van der Waals surface area contributed by atoms with Crippen molar-refractivity contribution < 1.29 is 4.79 Å². The Bertz CT molecular complexity index is 842. The van der Waals surface area contributed by atoms with Crippen LogP contribution in [0.1, 0.15) is 48.5 Å². The quantitative estimate of drug-likeness (QED) is 0.319. The van der Waals surface area contributed by atoms with Gasteiger partial charge in [0.15, 0.2) is 5.16 Å². The van der Waals surface area contributed by atoms with Crippen molar-refractivity contribution in [1.29, 1.82) is 0 Å². The standard InChI is InChI=1S/C23H32ClN5OS/c1-3-12-28(2)21-16-20(24)26-23(27-21)31-17-18-7-9-19(10-8-18)22(30)25-11-15-29-13-5-4-6-14-29/h7-10,16H,3-6,11-15,17H2,1-2H3,(H,25,30). The molecule has 0 bridgehead atoms. The Balaban J connectivity index is 1.48. The first-order valence-corrected chi connectivity index (χ1v) is 12.4. The van der Waals surface area contributed by atoms with Gasteiger partial charge in [0.05, 0.1) is 0 Å². The molecule has 1 fully saturated rings. The van der Waals surface area contributed by atoms with Gasteiger partial charge in [-0.1, -0.05) is 48.8 Å². The van der Waals surface area contributed by atoms with Crippen LogP contribution in [0.15, 0.2) is 35.5 Å². The van der Waals surface area contributed by atoms with Gasteiger partial charge >= 0.3 is 0 Å². The number of anilines is 1. The van der Waals surface area contributed by atoms with Gasteiger partial charge in [0.1, 0.15) is 11.0 Å². The van der Waals surface area contributed by atoms with Gasteiger partial charge in [-0.2, -0.15) is 0 Å². The number of benzene rings is 1. The van der Waals surface area contributed by atoms with Gasteiger partial charge in [0.2, 0.25) is 0 Å². The number of likely N-dealkylation sites (tertiary alicyclic amines) is 1. The van der Waals surface area contributed by atoms with Gasteiger partial charge in [0, 0.05) is 44.1 Å². The number of hydrogen-bond acceptors (Lipinski definition) is 6. The lowest BCUT2D eigenvalue weighted by Gasteiger charge is -2.26. The number of thioether (sulfide) groups is 1. The van der Waals surface area contributed by atoms with E-state index in [1.54, 1.807) is 17.8 Å². The van der Waals surface area contributed by atoms with Crippen molar-refractivity contribution in [1.82, 2.24) is 20.2 Å². The molecule has 1 amide bonds. The van der Waals surface area contributed by atoms with Crippen LogP contribution in [-0.2, 0) is 5.75 Å². The van der Waals surface area contributed by atoms with Crippen LogP contribution < -0.4 is 10.2 Å². The lowest BCUT2D eigenvalue weighted by atomic mass is 10.1. The third kappa shape index (κ3) is 7.66. The van der Waals surface area contributed by atoms with E-state index in [1.165, 1.54) is 19.3 Å². The normalized spacial score (nSPS) is 14.4. The summed E-state index contributed by atoms with van der Waals surface area (Å²) in [6.45, 7) is 6.96. The molecule has 0 saturated carbocycles. The van der Waals surface area contributed by atoms with Gasteiger partial charge in [0.25, 0.3) is 5.91 Å². The van der Waals surface area contributed by atoms with Gasteiger partial charge in [-0.25, -0.2) is 9.97 Å². The summed E-state index contributed by atoms with van der Waals surface area (Å²) < 4.78 is 0. The lowest BCUT2D eigenvalue weighted by molar-refractivity contribution is 0.0946. The predicted molar refractivity (Wildman–Crippen MR) is 129 cm³/mol. The molecule has 1 aliphatic heterocycles. The van der Waals surface area contributed by atoms with E-state index in [2.05, 4.69) is 32.0 Å². The molecule has 1 aliphatic rings. The van der Waals surface area contributed by atoms with Crippen LogP contribution in [-0.4, -0.2) is 60.5 Å². The number of aromatic nitrogens is 2. The molecular formula is C23H32ClN5OS. The molecule has 2 aromatic rings. The Labute approximate surface area is 194 Å². The Kier molecular flexibility index (Phi) is 9.43. The van der Waals surface area contributed by atoms with Crippen LogP contribution in [0.4, 0.5) is 5.82 Å². The topological polar surface area (TPSA) is 61.4 Å². The van der Waals surface area contributed by atoms with Crippen molar-refractivity contribution in [2.24, 2.45) is 0 Å². The number of halogens is 1. The average molecular weight is 462 g/mol. The molecule has 31 heavy (non-hydrogen) atoms. The van der Waals surface area contributed by atoms with Gasteiger partial charge in [-0.15, -0.1) is 0 Å². The summed E-state index contributed by atoms with van der Waals surface area (Å²) in [4.78, 5) is 25.8. The number of carbonyl (C=O) groups excluding carboxylic acids is 1. The molecule has 1 aromatic heterocycles. The number of amides is 1. The smallest absolute Gasteiger partial charge is 0.251 e. The van der Waals surface area contributed by atoms with E-state index in [9.17, 15) is 4.79 Å². The van der Waals surface area contributed by atoms with Crippen molar-refractivity contribution in [3.8, 4) is 0 Å². The molecule has 0 unspecified atom stereocenters. The molecular weight excluding hydrogens is 430 g/mol. The molecule has 2 heterocycles. The van der Waals surface area contributed by atoms with Crippen LogP contribution in [0.25, 0.3) is 0 Å². The highest BCUT2D eigenvalue weighted by molar-refractivity contribution is 7.98. The minimum absolute atomic E-state index is 0.0157. The predicted octanol–water partition coefficient (Wildman–Crippen LogP) is 4.48. The van der Waals surface area contributed by atoms with Gasteiger partial charge in [-0.3, -0.25) is 4.79 Å². The number of hydrogen-bond donors (Lipinski definition) is 1. The highest BCUT2D eigenvalue weighted by Crippen LogP contribution is 2.24. The van der Waals surface area contributed by atoms with E-state index in [0.717, 1.165) is 44.0 Å². The van der Waals surface area contributed by atoms with E-state index < -0.39 is 0 Å². The molecule has 0 atom stereocenters. The van der Waals surface area contributed by atoms with Crippen LogP contribution in [0.3, 0.4) is 0 Å². The number of nitrogens with zero attached hydrogens (tertiary/aromatic N) is 4. The van der Waals surface area contributed by atoms with E-state index in [4.69, 9.17) is 11.6 Å². The Morgan fingerprint density at radius 2 is 1.94 bits per heavy atom. The second kappa shape index (κ2) is 12.3. The molecule has 3 rings (SSSR count). The second-order valence-electron chi connectivity index (χ2n) is 7.90. The molecule has 6 nitrogen and oxygen atoms in total. The van der Waals surface area contributed by atoms with Crippen molar-refractivity contribution in [2.45, 2.75) is 43.5 Å². The zero-order valence-corrected chi connectivity index (χ0v) is 20.0. The number of carbonyl (C=O) groups is 1. The first kappa shape index (κ1) is 23.8. The summed E-state index contributed by atoms with van der Waals surface area (Å²) in [7, 11) is 2.01. The minimum atomic E-state index is -0.0157. The lowest BCUT2D eigenvalue weighted by Crippen LogP contribution is -2.37. The third-order valence-corrected chi connectivity index (χ3v) is 6.47. The summed E-state index contributed by atoms with van der Waals surface area (Å²) in [5, 5.41) is 4.14. The monoisotopic (exact) mass is 461 g/mol. The second-order valence-corrected chi connectivity index (χ2v) is 9.23. The first-order valence-electron chi connectivity index (χ1n) is 11.0. The fraction of sp³-hybridized carbons (Fsp3) is 0.522. The average Bonchev–Trinajstić information content (AvgIpc) is 2.78. The van der Waals surface area contributed by atoms with Crippen LogP contribution >= 0.6 is 23.4 Å². The Morgan fingerprint density at radius 3 is 2.65 bits per heavy atom. The maximum Gasteiger partial charge on any atom is 0.251 e. The van der Waals surface area contributed by atoms with Crippen molar-refractivity contribution in [2.75, 3.05) is 44.7 Å². The zero-order valence-electron chi connectivity index (χ0n) is 18.4. The molecule has 0 spiro atoms. The third-order valence-electron chi connectivity index (χ3n) is 5.36. The fourth-order valence-corrected chi connectivity index (χ4v) is 4.65. The van der Waals surface area contributed by atoms with E-state index >= 15 is 0 Å². The summed E-state index contributed by atoms with van der Waals surface area (Å²) in [5.74, 6) is 1.53. The summed E-state index contributed by atoms with van der Waals surface area (Å²) >= 11 is 7.73. The molecule has 0 radical (unpaired) electrons. The Hall–Kier alpha value is -1.83. The van der Waals surface area contributed by atoms with Crippen molar-refractivity contribution in [3.63, 3.8) is 0 Å². The van der Waals surface area contributed by atoms with Crippen LogP contribution in [0.2, 0.25) is 5.15 Å². The highest BCUT2D eigenvalue weighted by atomic mass is 35.5. The summed E-state index contributed by atoms with van der Waals surface area (Å²) in [5.41, 5.74) is 1.80. The van der Waals surface area contributed by atoms with Crippen LogP contribution in [0, 0.1) is 0 Å². The molecule has 1 N–H and O–H groups in total. The zero-order chi connectivity index (χ0) is 22.1. The SMILES string of the molecule is CCCN(C)c1cc(Cl)nc(SCc2ccc(C(=O)NCCN3CCCCC3)cc2)n1. The highest BCUT2D eigenvalue weighted by Gasteiger charge is 2.11. The number of nitrogens with one attached hydrogen (secondary N) is 1. The van der Waals surface area contributed by atoms with Gasteiger partial charge < -0.3 is 15.1 Å². The molecule has 0 aliphatic carbocycles. The first-order chi connectivity index (χ1) is 15.0. The summed E-state index contributed by atoms with van der Waals surface area (Å²) in [6, 6.07) is 9.53.